The second-order valence-electron chi connectivity index (χ2n) is 6.07. The van der Waals surface area contributed by atoms with Crippen molar-refractivity contribution >= 4 is 11.6 Å². The lowest BCUT2D eigenvalue weighted by Crippen LogP contribution is -2.52. The van der Waals surface area contributed by atoms with Crippen molar-refractivity contribution in [2.75, 3.05) is 6.54 Å². The summed E-state index contributed by atoms with van der Waals surface area (Å²) in [4.78, 5) is 4.18. The van der Waals surface area contributed by atoms with Crippen LogP contribution in [0.4, 0.5) is 0 Å². The molecule has 0 fully saturated rings. The van der Waals surface area contributed by atoms with Crippen LogP contribution in [0.15, 0.2) is 66.9 Å². The minimum atomic E-state index is -0.176. The maximum atomic E-state index is 6.07. The van der Waals surface area contributed by atoms with E-state index in [1.807, 2.05) is 24.7 Å². The molecule has 2 aromatic rings. The highest BCUT2D eigenvalue weighted by Gasteiger charge is 2.33. The lowest BCUT2D eigenvalue weighted by molar-refractivity contribution is 0.201. The van der Waals surface area contributed by atoms with E-state index in [0.29, 0.717) is 5.02 Å². The molecule has 116 valence electrons. The van der Waals surface area contributed by atoms with Crippen molar-refractivity contribution in [3.05, 3.63) is 77.5 Å². The summed E-state index contributed by atoms with van der Waals surface area (Å²) in [5, 5.41) is 6.33. The molecular weight excluding hydrogens is 308 g/mol. The van der Waals surface area contributed by atoms with Crippen LogP contribution in [0.3, 0.4) is 0 Å². The third-order valence-electron chi connectivity index (χ3n) is 4.35. The summed E-state index contributed by atoms with van der Waals surface area (Å²) in [5.41, 5.74) is 7.59. The monoisotopic (exact) mass is 324 g/mol. The summed E-state index contributed by atoms with van der Waals surface area (Å²) >= 11 is 6.07. The number of pyridine rings is 1. The number of fused-ring (bicyclic) bond motifs is 1. The number of aromatic nitrogens is 1. The molecular formula is C18H17ClN4. The van der Waals surface area contributed by atoms with Crippen LogP contribution in [-0.2, 0) is 5.54 Å². The Morgan fingerprint density at radius 1 is 1.22 bits per heavy atom. The van der Waals surface area contributed by atoms with Gasteiger partial charge in [-0.2, -0.15) is 0 Å². The van der Waals surface area contributed by atoms with Crippen LogP contribution < -0.4 is 10.7 Å². The highest BCUT2D eigenvalue weighted by atomic mass is 35.5. The first-order chi connectivity index (χ1) is 11.1. The maximum Gasteiger partial charge on any atom is 0.0788 e. The number of rotatable bonds is 2. The van der Waals surface area contributed by atoms with Crippen molar-refractivity contribution in [1.29, 1.82) is 0 Å². The fourth-order valence-electron chi connectivity index (χ4n) is 3.02. The predicted molar refractivity (Wildman–Crippen MR) is 92.2 cm³/mol. The van der Waals surface area contributed by atoms with Crippen LogP contribution in [0.5, 0.6) is 0 Å². The van der Waals surface area contributed by atoms with Crippen LogP contribution >= 0.6 is 11.6 Å². The largest absolute Gasteiger partial charge is 0.378 e. The van der Waals surface area contributed by atoms with Crippen LogP contribution in [0.1, 0.15) is 12.5 Å². The summed E-state index contributed by atoms with van der Waals surface area (Å²) in [6.07, 6.45) is 9.55. The zero-order valence-corrected chi connectivity index (χ0v) is 13.5. The first-order valence-electron chi connectivity index (χ1n) is 7.54. The van der Waals surface area contributed by atoms with Crippen molar-refractivity contribution in [1.82, 2.24) is 20.7 Å². The molecule has 0 spiro atoms. The second kappa shape index (κ2) is 5.32. The zero-order valence-electron chi connectivity index (χ0n) is 12.8. The van der Waals surface area contributed by atoms with Gasteiger partial charge in [-0.15, -0.1) is 0 Å². The summed E-state index contributed by atoms with van der Waals surface area (Å²) < 4.78 is 0. The zero-order chi connectivity index (χ0) is 15.9. The van der Waals surface area contributed by atoms with Crippen molar-refractivity contribution in [2.24, 2.45) is 0 Å². The van der Waals surface area contributed by atoms with E-state index in [9.17, 15) is 0 Å². The highest BCUT2D eigenvalue weighted by molar-refractivity contribution is 6.30. The van der Waals surface area contributed by atoms with Gasteiger partial charge in [-0.05, 0) is 36.3 Å². The maximum absolute atomic E-state index is 6.07. The van der Waals surface area contributed by atoms with Crippen molar-refractivity contribution in [3.63, 3.8) is 0 Å². The molecule has 23 heavy (non-hydrogen) atoms. The number of hydrogen-bond acceptors (Lipinski definition) is 4. The summed E-state index contributed by atoms with van der Waals surface area (Å²) in [6.45, 7) is 3.04. The van der Waals surface area contributed by atoms with Crippen molar-refractivity contribution in [2.45, 2.75) is 12.5 Å². The third-order valence-corrected chi connectivity index (χ3v) is 4.55. The average Bonchev–Trinajstić information content (AvgIpc) is 3.02. The molecule has 4 rings (SSSR count). The number of benzene rings is 1. The molecule has 4 nitrogen and oxygen atoms in total. The predicted octanol–water partition coefficient (Wildman–Crippen LogP) is 3.40. The van der Waals surface area contributed by atoms with Gasteiger partial charge in [0, 0.05) is 30.4 Å². The minimum Gasteiger partial charge on any atom is -0.378 e. The Morgan fingerprint density at radius 2 is 2.13 bits per heavy atom. The topological polar surface area (TPSA) is 40.2 Å². The summed E-state index contributed by atoms with van der Waals surface area (Å²) in [5.74, 6) is 0. The Bertz CT molecular complexity index is 814. The number of hydrogen-bond donors (Lipinski definition) is 2. The number of hydrazine groups is 1. The Morgan fingerprint density at radius 3 is 3.00 bits per heavy atom. The highest BCUT2D eigenvalue weighted by Crippen LogP contribution is 2.31. The normalized spacial score (nSPS) is 22.2. The van der Waals surface area contributed by atoms with E-state index < -0.39 is 0 Å². The van der Waals surface area contributed by atoms with Crippen LogP contribution in [0.25, 0.3) is 11.1 Å². The van der Waals surface area contributed by atoms with Gasteiger partial charge in [0.2, 0.25) is 0 Å². The Balaban J connectivity index is 1.69. The molecule has 0 unspecified atom stereocenters. The molecule has 1 aromatic carbocycles. The Labute approximate surface area is 140 Å². The SMILES string of the molecule is C[C@@]1(c2cccc(-c3cncc(Cl)c3)c2)CN2NC=CC2=CN1. The lowest BCUT2D eigenvalue weighted by Gasteiger charge is -2.40. The molecule has 2 N–H and O–H groups in total. The number of halogens is 1. The quantitative estimate of drug-likeness (QED) is 0.888. The Hall–Kier alpha value is -2.46. The average molecular weight is 325 g/mol. The van der Waals surface area contributed by atoms with Gasteiger partial charge in [0.15, 0.2) is 0 Å². The van der Waals surface area contributed by atoms with Gasteiger partial charge in [0.1, 0.15) is 0 Å². The molecule has 5 heteroatoms. The Kier molecular flexibility index (Phi) is 3.27. The first-order valence-corrected chi connectivity index (χ1v) is 7.91. The van der Waals surface area contributed by atoms with E-state index in [0.717, 1.165) is 23.4 Å². The number of allylic oxidation sites excluding steroid dienone is 1. The van der Waals surface area contributed by atoms with Crippen LogP contribution in [-0.4, -0.2) is 16.5 Å². The van der Waals surface area contributed by atoms with Gasteiger partial charge >= 0.3 is 0 Å². The summed E-state index contributed by atoms with van der Waals surface area (Å²) in [6, 6.07) is 10.4. The number of nitrogens with zero attached hydrogens (tertiary/aromatic N) is 2. The molecule has 0 bridgehead atoms. The molecule has 0 aliphatic carbocycles. The fraction of sp³-hybridized carbons (Fsp3) is 0.167. The van der Waals surface area contributed by atoms with E-state index in [4.69, 9.17) is 11.6 Å². The van der Waals surface area contributed by atoms with E-state index in [1.54, 1.807) is 6.20 Å². The molecule has 2 aliphatic rings. The lowest BCUT2D eigenvalue weighted by atomic mass is 9.88. The standard InChI is InChI=1S/C18H17ClN4/c1-18(12-23-17(11-21-18)5-6-22-23)15-4-2-3-13(7-15)14-8-16(19)10-20-9-14/h2-11,21-22H,12H2,1H3/t18-/m0/s1. The van der Waals surface area contributed by atoms with Gasteiger partial charge < -0.3 is 10.7 Å². The third kappa shape index (κ3) is 2.55. The van der Waals surface area contributed by atoms with Gasteiger partial charge in [-0.1, -0.05) is 29.8 Å². The number of nitrogens with one attached hydrogen (secondary N) is 2. The first kappa shape index (κ1) is 14.2. The molecule has 1 atom stereocenters. The van der Waals surface area contributed by atoms with Gasteiger partial charge in [0.25, 0.3) is 0 Å². The summed E-state index contributed by atoms with van der Waals surface area (Å²) in [7, 11) is 0. The van der Waals surface area contributed by atoms with Crippen LogP contribution in [0, 0.1) is 0 Å². The van der Waals surface area contributed by atoms with E-state index in [1.165, 1.54) is 5.56 Å². The van der Waals surface area contributed by atoms with Crippen molar-refractivity contribution in [3.8, 4) is 11.1 Å². The molecule has 0 amide bonds. The molecule has 2 aliphatic heterocycles. The van der Waals surface area contributed by atoms with E-state index in [2.05, 4.69) is 58.0 Å². The van der Waals surface area contributed by atoms with Crippen molar-refractivity contribution < 1.29 is 0 Å². The smallest absolute Gasteiger partial charge is 0.0788 e. The molecule has 0 saturated heterocycles. The molecule has 0 saturated carbocycles. The van der Waals surface area contributed by atoms with Gasteiger partial charge in [-0.3, -0.25) is 9.99 Å². The molecule has 0 radical (unpaired) electrons. The van der Waals surface area contributed by atoms with E-state index in [-0.39, 0.29) is 5.54 Å². The second-order valence-corrected chi connectivity index (χ2v) is 6.50. The van der Waals surface area contributed by atoms with Crippen LogP contribution in [0.2, 0.25) is 5.02 Å². The van der Waals surface area contributed by atoms with E-state index >= 15 is 0 Å². The molecule has 3 heterocycles. The minimum absolute atomic E-state index is 0.176. The molecule has 1 aromatic heterocycles. The van der Waals surface area contributed by atoms with Gasteiger partial charge in [0.05, 0.1) is 22.8 Å². The van der Waals surface area contributed by atoms with Gasteiger partial charge in [-0.25, -0.2) is 0 Å². The fourth-order valence-corrected chi connectivity index (χ4v) is 3.20.